The van der Waals surface area contributed by atoms with Crippen molar-refractivity contribution in [2.75, 3.05) is 0 Å². The van der Waals surface area contributed by atoms with E-state index < -0.39 is 46.8 Å². The van der Waals surface area contributed by atoms with Crippen molar-refractivity contribution in [2.45, 2.75) is 25.4 Å². The van der Waals surface area contributed by atoms with Gasteiger partial charge in [0.15, 0.2) is 5.75 Å². The van der Waals surface area contributed by atoms with E-state index in [1.165, 1.54) is 38.2 Å². The second kappa shape index (κ2) is 8.10. The number of aromatic hydroxyl groups is 1. The van der Waals surface area contributed by atoms with Gasteiger partial charge in [0.25, 0.3) is 5.56 Å². The minimum atomic E-state index is -4.66. The van der Waals surface area contributed by atoms with Crippen LogP contribution in [0.2, 0.25) is 5.02 Å². The van der Waals surface area contributed by atoms with Gasteiger partial charge in [-0.25, -0.2) is 9.07 Å². The molecule has 0 saturated carbocycles. The number of rotatable bonds is 4. The molecular weight excluding hydrogens is 424 g/mol. The lowest BCUT2D eigenvalue weighted by atomic mass is 9.87. The Kier molecular flexibility index (Phi) is 5.90. The Labute approximate surface area is 174 Å². The smallest absolute Gasteiger partial charge is 0.396 e. The van der Waals surface area contributed by atoms with Crippen molar-refractivity contribution in [2.24, 2.45) is 7.05 Å². The van der Waals surface area contributed by atoms with Crippen LogP contribution in [0.25, 0.3) is 11.1 Å². The van der Waals surface area contributed by atoms with Gasteiger partial charge in [-0.2, -0.15) is 18.3 Å². The largest absolute Gasteiger partial charge is 0.505 e. The monoisotopic (exact) mass is 440 g/mol. The van der Waals surface area contributed by atoms with Crippen LogP contribution in [0, 0.1) is 12.7 Å². The number of nitrogens with zero attached hydrogens (tertiary/aromatic N) is 2. The molecule has 0 fully saturated rings. The van der Waals surface area contributed by atoms with Crippen LogP contribution in [0.1, 0.15) is 22.7 Å². The van der Waals surface area contributed by atoms with Crippen molar-refractivity contribution in [3.05, 3.63) is 80.5 Å². The second-order valence-electron chi connectivity index (χ2n) is 6.83. The highest BCUT2D eigenvalue weighted by atomic mass is 35.5. The van der Waals surface area contributed by atoms with Gasteiger partial charge in [0, 0.05) is 17.6 Å². The van der Waals surface area contributed by atoms with E-state index in [-0.39, 0.29) is 21.8 Å². The summed E-state index contributed by atoms with van der Waals surface area (Å²) in [6.07, 6.45) is -5.38. The number of halogens is 5. The molecule has 3 aromatic rings. The number of alkyl halides is 3. The molecule has 1 unspecified atom stereocenters. The average molecular weight is 441 g/mol. The molecule has 9 heteroatoms. The van der Waals surface area contributed by atoms with Gasteiger partial charge in [-0.05, 0) is 36.6 Å². The third-order valence-corrected chi connectivity index (χ3v) is 5.20. The van der Waals surface area contributed by atoms with Gasteiger partial charge in [-0.15, -0.1) is 0 Å². The summed E-state index contributed by atoms with van der Waals surface area (Å²) < 4.78 is 57.4. The fourth-order valence-corrected chi connectivity index (χ4v) is 3.60. The lowest BCUT2D eigenvalue weighted by Gasteiger charge is -2.23. The van der Waals surface area contributed by atoms with Gasteiger partial charge >= 0.3 is 6.18 Å². The Morgan fingerprint density at radius 2 is 1.77 bits per heavy atom. The summed E-state index contributed by atoms with van der Waals surface area (Å²) in [6, 6.07) is 9.23. The van der Waals surface area contributed by atoms with Crippen LogP contribution in [0.15, 0.2) is 47.3 Å². The normalized spacial score (nSPS) is 12.8. The molecule has 0 aliphatic carbocycles. The molecule has 158 valence electrons. The van der Waals surface area contributed by atoms with E-state index in [4.69, 9.17) is 11.6 Å². The van der Waals surface area contributed by atoms with E-state index in [0.29, 0.717) is 0 Å². The lowest BCUT2D eigenvalue weighted by Crippen LogP contribution is -2.25. The van der Waals surface area contributed by atoms with Crippen molar-refractivity contribution in [1.29, 1.82) is 0 Å². The maximum absolute atomic E-state index is 14.9. The number of hydrogen-bond acceptors (Lipinski definition) is 3. The van der Waals surface area contributed by atoms with Gasteiger partial charge in [0.1, 0.15) is 11.5 Å². The van der Waals surface area contributed by atoms with Gasteiger partial charge in [0.2, 0.25) is 0 Å². The summed E-state index contributed by atoms with van der Waals surface area (Å²) in [7, 11) is 1.29. The topological polar surface area (TPSA) is 55.1 Å². The number of aryl methyl sites for hydroxylation is 2. The van der Waals surface area contributed by atoms with Crippen LogP contribution >= 0.6 is 11.6 Å². The minimum absolute atomic E-state index is 0.0212. The second-order valence-corrected chi connectivity index (χ2v) is 7.24. The zero-order valence-corrected chi connectivity index (χ0v) is 16.7. The molecule has 1 heterocycles. The SMILES string of the molecule is Cc1nn(C)c(=O)c(-c2c(F)ccc(Cl)c2CC(c2ccccc2)C(F)(F)F)c1O. The Hall–Kier alpha value is -2.87. The van der Waals surface area contributed by atoms with Crippen molar-refractivity contribution in [3.63, 3.8) is 0 Å². The highest BCUT2D eigenvalue weighted by molar-refractivity contribution is 6.31. The first-order valence-corrected chi connectivity index (χ1v) is 9.26. The van der Waals surface area contributed by atoms with E-state index in [0.717, 1.165) is 16.8 Å². The maximum Gasteiger partial charge on any atom is 0.396 e. The fourth-order valence-electron chi connectivity index (χ4n) is 3.36. The van der Waals surface area contributed by atoms with Crippen LogP contribution in [0.5, 0.6) is 5.75 Å². The van der Waals surface area contributed by atoms with E-state index in [1.807, 2.05) is 0 Å². The lowest BCUT2D eigenvalue weighted by molar-refractivity contribution is -0.150. The third kappa shape index (κ3) is 4.05. The maximum atomic E-state index is 14.9. The summed E-state index contributed by atoms with van der Waals surface area (Å²) in [5, 5.41) is 14.1. The zero-order chi connectivity index (χ0) is 22.2. The van der Waals surface area contributed by atoms with Crippen LogP contribution in [-0.4, -0.2) is 21.1 Å². The quantitative estimate of drug-likeness (QED) is 0.571. The van der Waals surface area contributed by atoms with Crippen molar-refractivity contribution < 1.29 is 22.7 Å². The minimum Gasteiger partial charge on any atom is -0.505 e. The van der Waals surface area contributed by atoms with Crippen LogP contribution in [0.4, 0.5) is 17.6 Å². The first kappa shape index (κ1) is 21.8. The van der Waals surface area contributed by atoms with Crippen LogP contribution in [-0.2, 0) is 13.5 Å². The van der Waals surface area contributed by atoms with Crippen molar-refractivity contribution in [3.8, 4) is 16.9 Å². The Morgan fingerprint density at radius 3 is 2.37 bits per heavy atom. The first-order valence-electron chi connectivity index (χ1n) is 8.88. The molecule has 3 rings (SSSR count). The first-order chi connectivity index (χ1) is 14.0. The van der Waals surface area contributed by atoms with E-state index >= 15 is 0 Å². The number of benzene rings is 2. The molecule has 30 heavy (non-hydrogen) atoms. The molecule has 0 amide bonds. The predicted octanol–water partition coefficient (Wildman–Crippen LogP) is 5.14. The Morgan fingerprint density at radius 1 is 1.13 bits per heavy atom. The summed E-state index contributed by atoms with van der Waals surface area (Å²) >= 11 is 6.18. The molecule has 1 aromatic heterocycles. The molecule has 0 aliphatic rings. The summed E-state index contributed by atoms with van der Waals surface area (Å²) in [5.41, 5.74) is -2.03. The Balaban J connectivity index is 2.28. The van der Waals surface area contributed by atoms with Gasteiger partial charge < -0.3 is 5.11 Å². The van der Waals surface area contributed by atoms with Crippen molar-refractivity contribution in [1.82, 2.24) is 9.78 Å². The standard InChI is InChI=1S/C21H17ClF4N2O2/c1-11-19(29)18(20(30)28(2)27-11)17-13(15(22)8-9-16(17)23)10-14(21(24,25)26)12-6-4-3-5-7-12/h3-9,14,29H,10H2,1-2H3. The number of hydrogen-bond donors (Lipinski definition) is 1. The molecule has 0 spiro atoms. The van der Waals surface area contributed by atoms with Crippen LogP contribution < -0.4 is 5.56 Å². The summed E-state index contributed by atoms with van der Waals surface area (Å²) in [4.78, 5) is 12.6. The molecule has 1 atom stereocenters. The van der Waals surface area contributed by atoms with Gasteiger partial charge in [-0.3, -0.25) is 4.79 Å². The summed E-state index contributed by atoms with van der Waals surface area (Å²) in [5.74, 6) is -3.57. The van der Waals surface area contributed by atoms with E-state index in [1.54, 1.807) is 6.07 Å². The number of aromatic nitrogens is 2. The molecule has 0 saturated heterocycles. The van der Waals surface area contributed by atoms with Crippen molar-refractivity contribution >= 4 is 11.6 Å². The third-order valence-electron chi connectivity index (χ3n) is 4.85. The van der Waals surface area contributed by atoms with Gasteiger partial charge in [0.05, 0.1) is 11.5 Å². The van der Waals surface area contributed by atoms with E-state index in [9.17, 15) is 27.5 Å². The average Bonchev–Trinajstić information content (AvgIpc) is 2.68. The van der Waals surface area contributed by atoms with Gasteiger partial charge in [-0.1, -0.05) is 41.9 Å². The summed E-state index contributed by atoms with van der Waals surface area (Å²) in [6.45, 7) is 1.39. The molecule has 0 aliphatic heterocycles. The van der Waals surface area contributed by atoms with Crippen LogP contribution in [0.3, 0.4) is 0 Å². The molecule has 0 radical (unpaired) electrons. The van der Waals surface area contributed by atoms with E-state index in [2.05, 4.69) is 5.10 Å². The Bertz CT molecular complexity index is 1140. The molecule has 4 nitrogen and oxygen atoms in total. The predicted molar refractivity (Wildman–Crippen MR) is 105 cm³/mol. The zero-order valence-electron chi connectivity index (χ0n) is 16.0. The highest BCUT2D eigenvalue weighted by Gasteiger charge is 2.41. The fraction of sp³-hybridized carbons (Fsp3) is 0.238. The molecular formula is C21H17ClF4N2O2. The molecule has 2 aromatic carbocycles. The highest BCUT2D eigenvalue weighted by Crippen LogP contribution is 2.42. The molecule has 1 N–H and O–H groups in total. The molecule has 0 bridgehead atoms.